The topological polar surface area (TPSA) is 46.6 Å². The smallest absolute Gasteiger partial charge is 0.263 e. The Kier molecular flexibility index (Phi) is 5.30. The summed E-state index contributed by atoms with van der Waals surface area (Å²) < 4.78 is 5.41. The van der Waals surface area contributed by atoms with Crippen LogP contribution in [0.5, 0.6) is 5.75 Å². The number of likely N-dealkylation sites (tertiary alicyclic amines) is 1. The fourth-order valence-electron chi connectivity index (χ4n) is 3.02. The summed E-state index contributed by atoms with van der Waals surface area (Å²) in [6, 6.07) is 11.1. The highest BCUT2D eigenvalue weighted by Crippen LogP contribution is 2.24. The van der Waals surface area contributed by atoms with Crippen LogP contribution in [0.4, 0.5) is 0 Å². The molecule has 2 heterocycles. The fourth-order valence-corrected chi connectivity index (χ4v) is 3.71. The van der Waals surface area contributed by atoms with E-state index < -0.39 is 0 Å². The molecule has 5 heteroatoms. The highest BCUT2D eigenvalue weighted by Gasteiger charge is 2.28. The third-order valence-electron chi connectivity index (χ3n) is 4.33. The molecular formula is C19H21NO3S. The first kappa shape index (κ1) is 16.7. The van der Waals surface area contributed by atoms with Crippen molar-refractivity contribution in [3.05, 3.63) is 52.2 Å². The van der Waals surface area contributed by atoms with Gasteiger partial charge in [-0.25, -0.2) is 0 Å². The lowest BCUT2D eigenvalue weighted by atomic mass is 9.89. The molecule has 0 bridgehead atoms. The number of benzene rings is 1. The molecule has 1 aromatic heterocycles. The van der Waals surface area contributed by atoms with Crippen LogP contribution in [0.15, 0.2) is 41.8 Å². The molecule has 1 aliphatic heterocycles. The standard InChI is InChI=1S/C19H21NO3S/c1-2-23-16-7-5-14(6-8-16)18(21)15-9-11-20(12-10-15)19(22)17-4-3-13-24-17/h3-8,13,15H,2,9-12H2,1H3. The predicted molar refractivity (Wildman–Crippen MR) is 94.9 cm³/mol. The van der Waals surface area contributed by atoms with E-state index in [2.05, 4.69) is 0 Å². The Labute approximate surface area is 146 Å². The Balaban J connectivity index is 1.57. The van der Waals surface area contributed by atoms with Crippen LogP contribution in [0.1, 0.15) is 39.8 Å². The van der Waals surface area contributed by atoms with Gasteiger partial charge in [0, 0.05) is 24.6 Å². The van der Waals surface area contributed by atoms with Crippen molar-refractivity contribution < 1.29 is 14.3 Å². The molecule has 0 N–H and O–H groups in total. The van der Waals surface area contributed by atoms with Gasteiger partial charge >= 0.3 is 0 Å². The molecule has 0 unspecified atom stereocenters. The molecule has 24 heavy (non-hydrogen) atoms. The number of carbonyl (C=O) groups excluding carboxylic acids is 2. The van der Waals surface area contributed by atoms with Gasteiger partial charge in [0.05, 0.1) is 11.5 Å². The van der Waals surface area contributed by atoms with Crippen LogP contribution in [0.3, 0.4) is 0 Å². The molecule has 2 aromatic rings. The molecule has 0 aliphatic carbocycles. The molecule has 4 nitrogen and oxygen atoms in total. The lowest BCUT2D eigenvalue weighted by Gasteiger charge is -2.31. The normalized spacial score (nSPS) is 15.3. The van der Waals surface area contributed by atoms with Crippen LogP contribution in [0, 0.1) is 5.92 Å². The van der Waals surface area contributed by atoms with Crippen LogP contribution >= 0.6 is 11.3 Å². The van der Waals surface area contributed by atoms with Gasteiger partial charge in [-0.1, -0.05) is 6.07 Å². The molecule has 1 aliphatic rings. The molecule has 1 aromatic carbocycles. The average molecular weight is 343 g/mol. The van der Waals surface area contributed by atoms with Crippen molar-refractivity contribution in [2.24, 2.45) is 5.92 Å². The predicted octanol–water partition coefficient (Wildman–Crippen LogP) is 3.88. The van der Waals surface area contributed by atoms with E-state index in [1.165, 1.54) is 11.3 Å². The number of ether oxygens (including phenoxy) is 1. The van der Waals surface area contributed by atoms with Gasteiger partial charge in [-0.3, -0.25) is 9.59 Å². The molecule has 1 fully saturated rings. The maximum Gasteiger partial charge on any atom is 0.263 e. The van der Waals surface area contributed by atoms with Gasteiger partial charge in [-0.2, -0.15) is 0 Å². The first-order valence-electron chi connectivity index (χ1n) is 8.29. The van der Waals surface area contributed by atoms with E-state index in [0.717, 1.165) is 29.0 Å². The second kappa shape index (κ2) is 7.62. The molecule has 1 saturated heterocycles. The fraction of sp³-hybridized carbons (Fsp3) is 0.368. The summed E-state index contributed by atoms with van der Waals surface area (Å²) in [5.41, 5.74) is 0.724. The van der Waals surface area contributed by atoms with E-state index in [1.807, 2.05) is 53.6 Å². The Morgan fingerprint density at radius 2 is 1.88 bits per heavy atom. The number of piperidine rings is 1. The van der Waals surface area contributed by atoms with Gasteiger partial charge in [0.15, 0.2) is 5.78 Å². The number of hydrogen-bond acceptors (Lipinski definition) is 4. The summed E-state index contributed by atoms with van der Waals surface area (Å²) in [5, 5.41) is 1.91. The molecular weight excluding hydrogens is 322 g/mol. The first-order valence-corrected chi connectivity index (χ1v) is 9.17. The Hall–Kier alpha value is -2.14. The van der Waals surface area contributed by atoms with Gasteiger partial charge in [-0.15, -0.1) is 11.3 Å². The molecule has 1 amide bonds. The van der Waals surface area contributed by atoms with Gasteiger partial charge in [0.2, 0.25) is 0 Å². The zero-order valence-corrected chi connectivity index (χ0v) is 14.6. The molecule has 0 atom stereocenters. The maximum atomic E-state index is 12.6. The van der Waals surface area contributed by atoms with Crippen molar-refractivity contribution in [3.8, 4) is 5.75 Å². The highest BCUT2D eigenvalue weighted by atomic mass is 32.1. The Morgan fingerprint density at radius 1 is 1.17 bits per heavy atom. The lowest BCUT2D eigenvalue weighted by Crippen LogP contribution is -2.40. The number of rotatable bonds is 5. The number of thiophene rings is 1. The van der Waals surface area contributed by atoms with Gasteiger partial charge < -0.3 is 9.64 Å². The first-order chi connectivity index (χ1) is 11.7. The maximum absolute atomic E-state index is 12.6. The minimum atomic E-state index is -0.00432. The molecule has 0 radical (unpaired) electrons. The monoisotopic (exact) mass is 343 g/mol. The molecule has 0 saturated carbocycles. The van der Waals surface area contributed by atoms with Gasteiger partial charge in [0.1, 0.15) is 5.75 Å². The number of nitrogens with zero attached hydrogens (tertiary/aromatic N) is 1. The van der Waals surface area contributed by atoms with Crippen molar-refractivity contribution >= 4 is 23.0 Å². The molecule has 0 spiro atoms. The van der Waals surface area contributed by atoms with Crippen molar-refractivity contribution in [1.29, 1.82) is 0 Å². The summed E-state index contributed by atoms with van der Waals surface area (Å²) >= 11 is 1.46. The number of Topliss-reactive ketones (excluding diaryl/α,β-unsaturated/α-hetero) is 1. The van der Waals surface area contributed by atoms with E-state index in [0.29, 0.717) is 19.7 Å². The molecule has 3 rings (SSSR count). The minimum absolute atomic E-state index is 0.00432. The van der Waals surface area contributed by atoms with Crippen LogP contribution in [-0.4, -0.2) is 36.3 Å². The minimum Gasteiger partial charge on any atom is -0.494 e. The van der Waals surface area contributed by atoms with Gasteiger partial charge in [-0.05, 0) is 55.5 Å². The van der Waals surface area contributed by atoms with E-state index in [-0.39, 0.29) is 17.6 Å². The van der Waals surface area contributed by atoms with Gasteiger partial charge in [0.25, 0.3) is 5.91 Å². The van der Waals surface area contributed by atoms with Crippen molar-refractivity contribution in [2.45, 2.75) is 19.8 Å². The zero-order valence-electron chi connectivity index (χ0n) is 13.7. The van der Waals surface area contributed by atoms with E-state index >= 15 is 0 Å². The highest BCUT2D eigenvalue weighted by molar-refractivity contribution is 7.12. The summed E-state index contributed by atoms with van der Waals surface area (Å²) in [7, 11) is 0. The third-order valence-corrected chi connectivity index (χ3v) is 5.19. The van der Waals surface area contributed by atoms with Crippen molar-refractivity contribution in [3.63, 3.8) is 0 Å². The third kappa shape index (κ3) is 3.67. The average Bonchev–Trinajstić information content (AvgIpc) is 3.16. The second-order valence-corrected chi connectivity index (χ2v) is 6.81. The Bertz CT molecular complexity index is 686. The van der Waals surface area contributed by atoms with Crippen LogP contribution in [0.25, 0.3) is 0 Å². The second-order valence-electron chi connectivity index (χ2n) is 5.87. The number of carbonyl (C=O) groups is 2. The summed E-state index contributed by atoms with van der Waals surface area (Å²) in [4.78, 5) is 27.6. The summed E-state index contributed by atoms with van der Waals surface area (Å²) in [6.07, 6.45) is 1.45. The quantitative estimate of drug-likeness (QED) is 0.774. The lowest BCUT2D eigenvalue weighted by molar-refractivity contribution is 0.0654. The van der Waals surface area contributed by atoms with Crippen LogP contribution in [0.2, 0.25) is 0 Å². The Morgan fingerprint density at radius 3 is 2.46 bits per heavy atom. The van der Waals surface area contributed by atoms with E-state index in [1.54, 1.807) is 0 Å². The van der Waals surface area contributed by atoms with E-state index in [4.69, 9.17) is 4.74 Å². The van der Waals surface area contributed by atoms with Crippen molar-refractivity contribution in [1.82, 2.24) is 4.90 Å². The number of hydrogen-bond donors (Lipinski definition) is 0. The van der Waals surface area contributed by atoms with Crippen LogP contribution < -0.4 is 4.74 Å². The number of ketones is 1. The summed E-state index contributed by atoms with van der Waals surface area (Å²) in [5.74, 6) is 1.03. The summed E-state index contributed by atoms with van der Waals surface area (Å²) in [6.45, 7) is 3.84. The molecule has 126 valence electrons. The SMILES string of the molecule is CCOc1ccc(C(=O)C2CCN(C(=O)c3cccs3)CC2)cc1. The van der Waals surface area contributed by atoms with E-state index in [9.17, 15) is 9.59 Å². The zero-order chi connectivity index (χ0) is 16.9. The number of amides is 1. The largest absolute Gasteiger partial charge is 0.494 e. The van der Waals surface area contributed by atoms with Crippen molar-refractivity contribution in [2.75, 3.05) is 19.7 Å². The van der Waals surface area contributed by atoms with Crippen LogP contribution in [-0.2, 0) is 0 Å².